The Morgan fingerprint density at radius 2 is 1.05 bits per heavy atom. The van der Waals surface area contributed by atoms with Crippen molar-refractivity contribution in [2.45, 2.75) is 0 Å². The fourth-order valence-electron chi connectivity index (χ4n) is 1.86. The zero-order chi connectivity index (χ0) is 12.2. The molecule has 2 aromatic heterocycles. The van der Waals surface area contributed by atoms with Crippen LogP contribution in [-0.2, 0) is 20.1 Å². The van der Waals surface area contributed by atoms with Gasteiger partial charge >= 0.3 is 0 Å². The number of hydrogen-bond acceptors (Lipinski definition) is 0. The molecule has 3 heteroatoms. The van der Waals surface area contributed by atoms with Gasteiger partial charge in [0.25, 0.3) is 0 Å². The first-order chi connectivity index (χ1) is 8.93. The molecule has 2 heterocycles. The van der Waals surface area contributed by atoms with Crippen molar-refractivity contribution in [1.82, 2.24) is 9.97 Å². The van der Waals surface area contributed by atoms with E-state index in [9.17, 15) is 0 Å². The molecule has 0 atom stereocenters. The number of aromatic amines is 2. The summed E-state index contributed by atoms with van der Waals surface area (Å²) in [5.74, 6) is 0. The molecule has 0 aliphatic carbocycles. The average Bonchev–Trinajstić information content (AvgIpc) is 3.08. The molecule has 1 radical (unpaired) electrons. The summed E-state index contributed by atoms with van der Waals surface area (Å²) in [7, 11) is 0. The van der Waals surface area contributed by atoms with Crippen molar-refractivity contribution >= 4 is 21.8 Å². The molecular formula is C16H12IrN2-2. The number of aromatic nitrogens is 2. The number of fused-ring (bicyclic) bond motifs is 2. The molecule has 0 spiro atoms. The number of para-hydroxylation sites is 2. The Morgan fingerprint density at radius 3 is 1.47 bits per heavy atom. The molecule has 0 amide bonds. The van der Waals surface area contributed by atoms with Crippen molar-refractivity contribution in [3.05, 3.63) is 73.1 Å². The first-order valence-electron chi connectivity index (χ1n) is 5.81. The van der Waals surface area contributed by atoms with Crippen LogP contribution in [0.2, 0.25) is 0 Å². The topological polar surface area (TPSA) is 31.6 Å². The Morgan fingerprint density at radius 1 is 0.632 bits per heavy atom. The quantitative estimate of drug-likeness (QED) is 0.401. The van der Waals surface area contributed by atoms with Gasteiger partial charge in [-0.25, -0.2) is 0 Å². The molecule has 4 aromatic rings. The van der Waals surface area contributed by atoms with Crippen LogP contribution in [0, 0.1) is 12.4 Å². The van der Waals surface area contributed by atoms with Crippen molar-refractivity contribution in [3.8, 4) is 0 Å². The number of hydrogen-bond donors (Lipinski definition) is 2. The Labute approximate surface area is 125 Å². The largest absolute Gasteiger partial charge is 0.477 e. The first kappa shape index (κ1) is 13.6. The molecule has 0 bridgehead atoms. The van der Waals surface area contributed by atoms with Crippen LogP contribution in [0.25, 0.3) is 21.8 Å². The maximum absolute atomic E-state index is 2.99. The Balaban J connectivity index is 0.000000133. The summed E-state index contributed by atoms with van der Waals surface area (Å²) < 4.78 is 0. The van der Waals surface area contributed by atoms with Crippen LogP contribution < -0.4 is 0 Å². The predicted molar refractivity (Wildman–Crippen MR) is 74.3 cm³/mol. The van der Waals surface area contributed by atoms with E-state index in [2.05, 4.69) is 34.5 Å². The van der Waals surface area contributed by atoms with Crippen molar-refractivity contribution in [2.75, 3.05) is 0 Å². The summed E-state index contributed by atoms with van der Waals surface area (Å²) >= 11 is 0. The van der Waals surface area contributed by atoms with Crippen LogP contribution in [0.3, 0.4) is 0 Å². The molecule has 2 N–H and O–H groups in total. The smallest absolute Gasteiger partial charge is 0 e. The van der Waals surface area contributed by atoms with E-state index in [-0.39, 0.29) is 20.1 Å². The molecule has 4 rings (SSSR count). The summed E-state index contributed by atoms with van der Waals surface area (Å²) in [6, 6.07) is 20.1. The van der Waals surface area contributed by atoms with Crippen LogP contribution in [0.15, 0.2) is 60.7 Å². The van der Waals surface area contributed by atoms with Gasteiger partial charge in [-0.1, -0.05) is 24.3 Å². The maximum Gasteiger partial charge on any atom is 0 e. The molecule has 0 saturated heterocycles. The van der Waals surface area contributed by atoms with Gasteiger partial charge < -0.3 is 9.97 Å². The monoisotopic (exact) mass is 425 g/mol. The number of nitrogens with one attached hydrogen (secondary N) is 2. The second-order valence-corrected chi connectivity index (χ2v) is 4.00. The standard InChI is InChI=1S/2C8H6N.Ir/c2*1-2-4-8-7(3-1)5-6-9-8;/h2*1-5,9H;/q2*-1;. The van der Waals surface area contributed by atoms with Crippen LogP contribution in [0.5, 0.6) is 0 Å². The molecule has 2 nitrogen and oxygen atoms in total. The zero-order valence-corrected chi connectivity index (χ0v) is 12.5. The number of H-pyrrole nitrogens is 2. The summed E-state index contributed by atoms with van der Waals surface area (Å²) in [4.78, 5) is 5.99. The van der Waals surface area contributed by atoms with E-state index < -0.39 is 0 Å². The summed E-state index contributed by atoms with van der Waals surface area (Å²) in [5, 5.41) is 2.44. The van der Waals surface area contributed by atoms with Crippen molar-refractivity contribution < 1.29 is 20.1 Å². The number of rotatable bonds is 0. The van der Waals surface area contributed by atoms with Gasteiger partial charge in [-0.15, -0.1) is 47.7 Å². The third-order valence-corrected chi connectivity index (χ3v) is 2.79. The van der Waals surface area contributed by atoms with Crippen LogP contribution >= 0.6 is 0 Å². The molecule has 97 valence electrons. The fraction of sp³-hybridized carbons (Fsp3) is 0. The third-order valence-electron chi connectivity index (χ3n) is 2.79. The van der Waals surface area contributed by atoms with Gasteiger partial charge in [-0.05, 0) is 0 Å². The van der Waals surface area contributed by atoms with Gasteiger partial charge in [0.2, 0.25) is 0 Å². The first-order valence-corrected chi connectivity index (χ1v) is 5.81. The normalized spacial score (nSPS) is 9.68. The molecule has 0 aliphatic rings. The van der Waals surface area contributed by atoms with Gasteiger partial charge in [0, 0.05) is 20.1 Å². The second-order valence-electron chi connectivity index (χ2n) is 4.00. The van der Waals surface area contributed by atoms with Crippen molar-refractivity contribution in [2.24, 2.45) is 0 Å². The van der Waals surface area contributed by atoms with Gasteiger partial charge in [0.05, 0.1) is 0 Å². The van der Waals surface area contributed by atoms with Crippen LogP contribution in [-0.4, -0.2) is 9.97 Å². The molecule has 2 aromatic carbocycles. The van der Waals surface area contributed by atoms with Crippen molar-refractivity contribution in [3.63, 3.8) is 0 Å². The van der Waals surface area contributed by atoms with E-state index in [0.717, 1.165) is 11.0 Å². The van der Waals surface area contributed by atoms with Crippen molar-refractivity contribution in [1.29, 1.82) is 0 Å². The Hall–Kier alpha value is -1.83. The minimum Gasteiger partial charge on any atom is -0.477 e. The van der Waals surface area contributed by atoms with E-state index in [4.69, 9.17) is 0 Å². The summed E-state index contributed by atoms with van der Waals surface area (Å²) in [6.45, 7) is 0. The van der Waals surface area contributed by atoms with E-state index in [1.54, 1.807) is 0 Å². The van der Waals surface area contributed by atoms with Crippen LogP contribution in [0.1, 0.15) is 0 Å². The van der Waals surface area contributed by atoms with E-state index in [1.807, 2.05) is 48.5 Å². The second kappa shape index (κ2) is 6.37. The number of benzene rings is 2. The SMILES string of the molecule is [Ir].[c-]1cc2ccccc2[nH]1.[c-]1cc2ccccc2[nH]1. The Bertz CT molecular complexity index is 629. The van der Waals surface area contributed by atoms with E-state index in [1.165, 1.54) is 10.8 Å². The van der Waals surface area contributed by atoms with E-state index >= 15 is 0 Å². The van der Waals surface area contributed by atoms with Crippen LogP contribution in [0.4, 0.5) is 0 Å². The van der Waals surface area contributed by atoms with E-state index in [0.29, 0.717) is 0 Å². The predicted octanol–water partition coefficient (Wildman–Crippen LogP) is 3.93. The Kier molecular flexibility index (Phi) is 4.56. The minimum absolute atomic E-state index is 0. The third kappa shape index (κ3) is 3.14. The molecule has 0 aliphatic heterocycles. The molecule has 0 fully saturated rings. The molecule has 19 heavy (non-hydrogen) atoms. The molecule has 0 unspecified atom stereocenters. The fourth-order valence-corrected chi connectivity index (χ4v) is 1.86. The minimum atomic E-state index is 0. The summed E-state index contributed by atoms with van der Waals surface area (Å²) in [6.07, 6.45) is 5.83. The summed E-state index contributed by atoms with van der Waals surface area (Å²) in [5.41, 5.74) is 2.30. The van der Waals surface area contributed by atoms with Gasteiger partial charge in [-0.2, -0.15) is 22.9 Å². The average molecular weight is 425 g/mol. The molecular weight excluding hydrogens is 412 g/mol. The zero-order valence-electron chi connectivity index (χ0n) is 10.1. The maximum atomic E-state index is 2.99. The van der Waals surface area contributed by atoms with Gasteiger partial charge in [-0.3, -0.25) is 0 Å². The molecule has 0 saturated carbocycles. The van der Waals surface area contributed by atoms with Gasteiger partial charge in [0.15, 0.2) is 0 Å². The van der Waals surface area contributed by atoms with Gasteiger partial charge in [0.1, 0.15) is 0 Å².